The monoisotopic (exact) mass is 356 g/mol. The summed E-state index contributed by atoms with van der Waals surface area (Å²) in [6, 6.07) is 23.9. The molecule has 0 unspecified atom stereocenters. The molecule has 4 rings (SSSR count). The van der Waals surface area contributed by atoms with Gasteiger partial charge in [0.15, 0.2) is 0 Å². The van der Waals surface area contributed by atoms with E-state index in [2.05, 4.69) is 5.10 Å². The van der Waals surface area contributed by atoms with Crippen molar-refractivity contribution in [2.75, 3.05) is 0 Å². The number of hydrogen-bond donors (Lipinski definition) is 0. The maximum atomic E-state index is 12.3. The van der Waals surface area contributed by atoms with Crippen LogP contribution in [0.1, 0.15) is 31.8 Å². The van der Waals surface area contributed by atoms with Crippen molar-refractivity contribution in [2.45, 2.75) is 6.61 Å². The number of hydrogen-bond acceptors (Lipinski definition) is 4. The number of imide groups is 1. The molecule has 0 N–H and O–H groups in total. The van der Waals surface area contributed by atoms with Crippen molar-refractivity contribution in [3.63, 3.8) is 0 Å². The molecule has 0 radical (unpaired) electrons. The number of carbonyl (C=O) groups excluding carboxylic acids is 2. The Bertz CT molecular complexity index is 976. The van der Waals surface area contributed by atoms with Crippen molar-refractivity contribution >= 4 is 18.0 Å². The van der Waals surface area contributed by atoms with Crippen molar-refractivity contribution in [3.05, 3.63) is 101 Å². The Balaban J connectivity index is 1.42. The molecule has 0 fully saturated rings. The van der Waals surface area contributed by atoms with Gasteiger partial charge < -0.3 is 4.74 Å². The van der Waals surface area contributed by atoms with Crippen LogP contribution in [0.4, 0.5) is 0 Å². The lowest BCUT2D eigenvalue weighted by molar-refractivity contribution is 0.0660. The molecule has 3 aromatic carbocycles. The first kappa shape index (κ1) is 16.7. The summed E-state index contributed by atoms with van der Waals surface area (Å²) in [4.78, 5) is 24.5. The predicted molar refractivity (Wildman–Crippen MR) is 102 cm³/mol. The summed E-state index contributed by atoms with van der Waals surface area (Å²) < 4.78 is 5.74. The van der Waals surface area contributed by atoms with E-state index in [1.54, 1.807) is 24.3 Å². The third-order valence-corrected chi connectivity index (χ3v) is 4.22. The lowest BCUT2D eigenvalue weighted by Gasteiger charge is -2.07. The van der Waals surface area contributed by atoms with Crippen LogP contribution in [0.25, 0.3) is 0 Å². The average molecular weight is 356 g/mol. The molecule has 5 heteroatoms. The van der Waals surface area contributed by atoms with Gasteiger partial charge in [0.05, 0.1) is 17.3 Å². The van der Waals surface area contributed by atoms with E-state index in [0.717, 1.165) is 21.9 Å². The van der Waals surface area contributed by atoms with Gasteiger partial charge in [-0.25, -0.2) is 0 Å². The van der Waals surface area contributed by atoms with Crippen LogP contribution in [0.15, 0.2) is 84.0 Å². The van der Waals surface area contributed by atoms with Gasteiger partial charge in [0.1, 0.15) is 12.4 Å². The number of nitrogens with zero attached hydrogens (tertiary/aromatic N) is 2. The molecule has 0 saturated heterocycles. The van der Waals surface area contributed by atoms with Crippen LogP contribution in [-0.4, -0.2) is 23.0 Å². The standard InChI is InChI=1S/C22H16N2O3/c25-21-19-8-4-5-9-20(19)22(26)24(21)23-14-16-10-12-18(13-11-16)27-15-17-6-2-1-3-7-17/h1-14H,15H2/b23-14+. The van der Waals surface area contributed by atoms with Gasteiger partial charge in [-0.2, -0.15) is 10.1 Å². The first-order chi connectivity index (χ1) is 13.2. The molecule has 0 aliphatic carbocycles. The second-order valence-corrected chi connectivity index (χ2v) is 6.06. The largest absolute Gasteiger partial charge is 0.489 e. The van der Waals surface area contributed by atoms with Gasteiger partial charge in [0.2, 0.25) is 0 Å². The zero-order valence-corrected chi connectivity index (χ0v) is 14.4. The minimum atomic E-state index is -0.408. The summed E-state index contributed by atoms with van der Waals surface area (Å²) in [7, 11) is 0. The molecule has 132 valence electrons. The minimum absolute atomic E-state index is 0.379. The lowest BCUT2D eigenvalue weighted by Crippen LogP contribution is -2.23. The second kappa shape index (κ2) is 7.25. The highest BCUT2D eigenvalue weighted by Gasteiger charge is 2.35. The summed E-state index contributed by atoms with van der Waals surface area (Å²) in [6.07, 6.45) is 1.49. The number of amides is 2. The van der Waals surface area contributed by atoms with E-state index in [1.807, 2.05) is 54.6 Å². The molecule has 2 amide bonds. The van der Waals surface area contributed by atoms with E-state index >= 15 is 0 Å². The Hall–Kier alpha value is -3.73. The maximum absolute atomic E-state index is 12.3. The maximum Gasteiger partial charge on any atom is 0.282 e. The van der Waals surface area contributed by atoms with Crippen LogP contribution in [0.3, 0.4) is 0 Å². The Morgan fingerprint density at radius 2 is 1.37 bits per heavy atom. The van der Waals surface area contributed by atoms with Gasteiger partial charge in [0, 0.05) is 0 Å². The molecular weight excluding hydrogens is 340 g/mol. The van der Waals surface area contributed by atoms with E-state index < -0.39 is 11.8 Å². The highest BCUT2D eigenvalue weighted by Crippen LogP contribution is 2.22. The molecule has 0 aromatic heterocycles. The molecule has 3 aromatic rings. The van der Waals surface area contributed by atoms with Crippen molar-refractivity contribution in [1.29, 1.82) is 0 Å². The van der Waals surface area contributed by atoms with E-state index in [9.17, 15) is 9.59 Å². The molecule has 0 spiro atoms. The Morgan fingerprint density at radius 1 is 0.778 bits per heavy atom. The predicted octanol–water partition coefficient (Wildman–Crippen LogP) is 3.90. The van der Waals surface area contributed by atoms with E-state index in [0.29, 0.717) is 17.7 Å². The van der Waals surface area contributed by atoms with Gasteiger partial charge in [-0.15, -0.1) is 0 Å². The molecule has 5 nitrogen and oxygen atoms in total. The van der Waals surface area contributed by atoms with Crippen LogP contribution >= 0.6 is 0 Å². The fraction of sp³-hybridized carbons (Fsp3) is 0.0455. The summed E-state index contributed by atoms with van der Waals surface area (Å²) in [6.45, 7) is 0.489. The third kappa shape index (κ3) is 3.48. The Labute approximate surface area is 156 Å². The van der Waals surface area contributed by atoms with Gasteiger partial charge in [-0.1, -0.05) is 42.5 Å². The molecule has 0 bridgehead atoms. The zero-order valence-electron chi connectivity index (χ0n) is 14.4. The van der Waals surface area contributed by atoms with Gasteiger partial charge >= 0.3 is 0 Å². The third-order valence-electron chi connectivity index (χ3n) is 4.22. The number of hydrazone groups is 1. The van der Waals surface area contributed by atoms with Crippen LogP contribution < -0.4 is 4.74 Å². The molecule has 27 heavy (non-hydrogen) atoms. The van der Waals surface area contributed by atoms with Crippen LogP contribution in [0.5, 0.6) is 5.75 Å². The molecule has 0 atom stereocenters. The number of ether oxygens (including phenoxy) is 1. The first-order valence-electron chi connectivity index (χ1n) is 8.51. The number of fused-ring (bicyclic) bond motifs is 1. The number of benzene rings is 3. The summed E-state index contributed by atoms with van der Waals surface area (Å²) in [5, 5.41) is 4.96. The second-order valence-electron chi connectivity index (χ2n) is 6.06. The van der Waals surface area contributed by atoms with Gasteiger partial charge in [-0.05, 0) is 47.5 Å². The van der Waals surface area contributed by atoms with Crippen LogP contribution in [0, 0.1) is 0 Å². The fourth-order valence-electron chi connectivity index (χ4n) is 2.80. The SMILES string of the molecule is O=C1c2ccccc2C(=O)N1/N=C/c1ccc(OCc2ccccc2)cc1. The van der Waals surface area contributed by atoms with E-state index in [1.165, 1.54) is 6.21 Å². The number of carbonyl (C=O) groups is 2. The number of rotatable bonds is 5. The quantitative estimate of drug-likeness (QED) is 0.515. The van der Waals surface area contributed by atoms with E-state index in [4.69, 9.17) is 4.74 Å². The van der Waals surface area contributed by atoms with Crippen molar-refractivity contribution < 1.29 is 14.3 Å². The molecule has 1 aliphatic rings. The summed E-state index contributed by atoms with van der Waals surface area (Å²) >= 11 is 0. The molecule has 0 saturated carbocycles. The fourth-order valence-corrected chi connectivity index (χ4v) is 2.80. The highest BCUT2D eigenvalue weighted by molar-refractivity contribution is 6.21. The van der Waals surface area contributed by atoms with E-state index in [-0.39, 0.29) is 0 Å². The molecule has 1 heterocycles. The average Bonchev–Trinajstić information content (AvgIpc) is 2.97. The summed E-state index contributed by atoms with van der Waals surface area (Å²) in [5.74, 6) is -0.0823. The summed E-state index contributed by atoms with van der Waals surface area (Å²) in [5.41, 5.74) is 2.61. The van der Waals surface area contributed by atoms with Crippen molar-refractivity contribution in [3.8, 4) is 5.75 Å². The topological polar surface area (TPSA) is 59.0 Å². The molecule has 1 aliphatic heterocycles. The smallest absolute Gasteiger partial charge is 0.282 e. The van der Waals surface area contributed by atoms with Gasteiger partial charge in [0.25, 0.3) is 11.8 Å². The Morgan fingerprint density at radius 3 is 2.00 bits per heavy atom. The van der Waals surface area contributed by atoms with Crippen molar-refractivity contribution in [2.24, 2.45) is 5.10 Å². The van der Waals surface area contributed by atoms with Crippen LogP contribution in [-0.2, 0) is 6.61 Å². The zero-order chi connectivity index (χ0) is 18.6. The van der Waals surface area contributed by atoms with Crippen LogP contribution in [0.2, 0.25) is 0 Å². The van der Waals surface area contributed by atoms with Crippen molar-refractivity contribution in [1.82, 2.24) is 5.01 Å². The normalized spacial score (nSPS) is 13.3. The first-order valence-corrected chi connectivity index (χ1v) is 8.51. The lowest BCUT2D eigenvalue weighted by atomic mass is 10.1. The Kier molecular flexibility index (Phi) is 4.49. The minimum Gasteiger partial charge on any atom is -0.489 e. The highest BCUT2D eigenvalue weighted by atomic mass is 16.5. The molecular formula is C22H16N2O3. The van der Waals surface area contributed by atoms with Gasteiger partial charge in [-0.3, -0.25) is 9.59 Å².